The van der Waals surface area contributed by atoms with Crippen molar-refractivity contribution in [1.82, 2.24) is 14.9 Å². The van der Waals surface area contributed by atoms with Crippen molar-refractivity contribution < 1.29 is 14.3 Å². The molecule has 2 heterocycles. The van der Waals surface area contributed by atoms with Gasteiger partial charge in [0.05, 0.1) is 6.61 Å². The molecule has 0 unspecified atom stereocenters. The van der Waals surface area contributed by atoms with Gasteiger partial charge >= 0.3 is 6.09 Å². The van der Waals surface area contributed by atoms with E-state index in [0.717, 1.165) is 6.42 Å². The molecule has 0 radical (unpaired) electrons. The lowest BCUT2D eigenvalue weighted by Gasteiger charge is -2.24. The van der Waals surface area contributed by atoms with E-state index in [1.807, 2.05) is 20.8 Å². The number of aromatic nitrogens is 2. The normalized spacial score (nSPS) is 18.9. The van der Waals surface area contributed by atoms with Crippen molar-refractivity contribution in [3.05, 3.63) is 18.6 Å². The van der Waals surface area contributed by atoms with Crippen molar-refractivity contribution in [2.24, 2.45) is 5.92 Å². The van der Waals surface area contributed by atoms with Crippen molar-refractivity contribution in [3.63, 3.8) is 0 Å². The van der Waals surface area contributed by atoms with E-state index in [4.69, 9.17) is 9.47 Å². The second-order valence-corrected chi connectivity index (χ2v) is 5.94. The van der Waals surface area contributed by atoms with E-state index in [0.29, 0.717) is 31.5 Å². The number of carbonyl (C=O) groups excluding carboxylic acids is 1. The van der Waals surface area contributed by atoms with Gasteiger partial charge in [-0.05, 0) is 27.2 Å². The van der Waals surface area contributed by atoms with Crippen LogP contribution >= 0.6 is 0 Å². The molecule has 0 aliphatic carbocycles. The quantitative estimate of drug-likeness (QED) is 0.848. The fourth-order valence-corrected chi connectivity index (χ4v) is 2.03. The van der Waals surface area contributed by atoms with E-state index in [-0.39, 0.29) is 6.09 Å². The van der Waals surface area contributed by atoms with Gasteiger partial charge in [-0.3, -0.25) is 0 Å². The summed E-state index contributed by atoms with van der Waals surface area (Å²) < 4.78 is 10.9. The van der Waals surface area contributed by atoms with Crippen molar-refractivity contribution in [2.75, 3.05) is 19.7 Å². The predicted molar refractivity (Wildman–Crippen MR) is 73.4 cm³/mol. The van der Waals surface area contributed by atoms with Crippen LogP contribution in [-0.4, -0.2) is 46.3 Å². The van der Waals surface area contributed by atoms with Gasteiger partial charge in [-0.15, -0.1) is 0 Å². The van der Waals surface area contributed by atoms with E-state index in [1.54, 1.807) is 17.2 Å². The summed E-state index contributed by atoms with van der Waals surface area (Å²) in [7, 11) is 0. The lowest BCUT2D eigenvalue weighted by molar-refractivity contribution is 0.0284. The summed E-state index contributed by atoms with van der Waals surface area (Å²) in [6.07, 6.45) is 3.77. The summed E-state index contributed by atoms with van der Waals surface area (Å²) in [4.78, 5) is 21.5. The van der Waals surface area contributed by atoms with Crippen LogP contribution in [-0.2, 0) is 4.74 Å². The molecule has 6 nitrogen and oxygen atoms in total. The number of hydrogen-bond donors (Lipinski definition) is 0. The number of likely N-dealkylation sites (tertiary alicyclic amines) is 1. The predicted octanol–water partition coefficient (Wildman–Crippen LogP) is 2.11. The maximum absolute atomic E-state index is 11.9. The minimum Gasteiger partial charge on any atom is -0.477 e. The first-order valence-electron chi connectivity index (χ1n) is 6.81. The van der Waals surface area contributed by atoms with Crippen LogP contribution in [0.1, 0.15) is 27.2 Å². The molecule has 1 aromatic heterocycles. The van der Waals surface area contributed by atoms with Gasteiger partial charge in [0.25, 0.3) is 0 Å². The van der Waals surface area contributed by atoms with Crippen LogP contribution in [0.15, 0.2) is 18.6 Å². The van der Waals surface area contributed by atoms with Crippen molar-refractivity contribution in [1.29, 1.82) is 0 Å². The zero-order chi connectivity index (χ0) is 14.6. The Morgan fingerprint density at radius 3 is 2.95 bits per heavy atom. The Bertz CT molecular complexity index is 445. The Kier molecular flexibility index (Phi) is 4.42. The third kappa shape index (κ3) is 4.36. The SMILES string of the molecule is CC(C)(C)OC(=O)N1CC[C@H](COc2ccncn2)C1. The van der Waals surface area contributed by atoms with Gasteiger partial charge in [0.1, 0.15) is 11.9 Å². The molecule has 2 rings (SSSR count). The highest BCUT2D eigenvalue weighted by atomic mass is 16.6. The van der Waals surface area contributed by atoms with Crippen molar-refractivity contribution >= 4 is 6.09 Å². The fraction of sp³-hybridized carbons (Fsp3) is 0.643. The topological polar surface area (TPSA) is 64.5 Å². The molecule has 0 saturated carbocycles. The number of carbonyl (C=O) groups is 1. The highest BCUT2D eigenvalue weighted by molar-refractivity contribution is 5.68. The molecular formula is C14H21N3O3. The number of hydrogen-bond acceptors (Lipinski definition) is 5. The average molecular weight is 279 g/mol. The molecule has 0 spiro atoms. The Morgan fingerprint density at radius 1 is 1.50 bits per heavy atom. The van der Waals surface area contributed by atoms with Gasteiger partial charge in [-0.2, -0.15) is 0 Å². The third-order valence-corrected chi connectivity index (χ3v) is 2.96. The number of nitrogens with zero attached hydrogens (tertiary/aromatic N) is 3. The maximum atomic E-state index is 11.9. The van der Waals surface area contributed by atoms with Crippen LogP contribution in [0.5, 0.6) is 5.88 Å². The zero-order valence-electron chi connectivity index (χ0n) is 12.2. The highest BCUT2D eigenvalue weighted by Gasteiger charge is 2.30. The van der Waals surface area contributed by atoms with Crippen LogP contribution in [0.4, 0.5) is 4.79 Å². The summed E-state index contributed by atoms with van der Waals surface area (Å²) in [6.45, 7) is 7.55. The Hall–Kier alpha value is -1.85. The molecule has 110 valence electrons. The van der Waals surface area contributed by atoms with E-state index >= 15 is 0 Å². The Balaban J connectivity index is 1.76. The van der Waals surface area contributed by atoms with Gasteiger partial charge in [0.2, 0.25) is 5.88 Å². The molecule has 1 aromatic rings. The van der Waals surface area contributed by atoms with E-state index in [2.05, 4.69) is 9.97 Å². The van der Waals surface area contributed by atoms with Crippen LogP contribution in [0.3, 0.4) is 0 Å². The zero-order valence-corrected chi connectivity index (χ0v) is 12.2. The van der Waals surface area contributed by atoms with Crippen molar-refractivity contribution in [2.45, 2.75) is 32.8 Å². The molecular weight excluding hydrogens is 258 g/mol. The molecule has 1 amide bonds. The molecule has 20 heavy (non-hydrogen) atoms. The first-order valence-corrected chi connectivity index (χ1v) is 6.81. The van der Waals surface area contributed by atoms with Crippen LogP contribution in [0.25, 0.3) is 0 Å². The summed E-state index contributed by atoms with van der Waals surface area (Å²) in [5, 5.41) is 0. The monoisotopic (exact) mass is 279 g/mol. The largest absolute Gasteiger partial charge is 0.477 e. The maximum Gasteiger partial charge on any atom is 0.410 e. The standard InChI is InChI=1S/C14H21N3O3/c1-14(2,3)20-13(18)17-7-5-11(8-17)9-19-12-4-6-15-10-16-12/h4,6,10-11H,5,7-9H2,1-3H3/t11-/m0/s1. The number of ether oxygens (including phenoxy) is 2. The Labute approximate surface area is 119 Å². The summed E-state index contributed by atoms with van der Waals surface area (Å²) >= 11 is 0. The van der Waals surface area contributed by atoms with Gasteiger partial charge in [-0.1, -0.05) is 0 Å². The average Bonchev–Trinajstić information content (AvgIpc) is 2.84. The summed E-state index contributed by atoms with van der Waals surface area (Å²) in [5.41, 5.74) is -0.452. The van der Waals surface area contributed by atoms with Crippen LogP contribution in [0, 0.1) is 5.92 Å². The molecule has 1 saturated heterocycles. The van der Waals surface area contributed by atoms with E-state index < -0.39 is 5.60 Å². The summed E-state index contributed by atoms with van der Waals surface area (Å²) in [6, 6.07) is 1.72. The summed E-state index contributed by atoms with van der Waals surface area (Å²) in [5.74, 6) is 0.883. The molecule has 1 atom stereocenters. The molecule has 1 fully saturated rings. The van der Waals surface area contributed by atoms with E-state index in [9.17, 15) is 4.79 Å². The second-order valence-electron chi connectivity index (χ2n) is 5.94. The van der Waals surface area contributed by atoms with Gasteiger partial charge in [-0.25, -0.2) is 14.8 Å². The smallest absolute Gasteiger partial charge is 0.410 e. The first-order chi connectivity index (χ1) is 9.44. The molecule has 6 heteroatoms. The third-order valence-electron chi connectivity index (χ3n) is 2.96. The highest BCUT2D eigenvalue weighted by Crippen LogP contribution is 2.20. The minimum absolute atomic E-state index is 0.248. The molecule has 0 bridgehead atoms. The van der Waals surface area contributed by atoms with Gasteiger partial charge in [0, 0.05) is 31.3 Å². The molecule has 1 aliphatic rings. The number of rotatable bonds is 3. The minimum atomic E-state index is -0.452. The Morgan fingerprint density at radius 2 is 2.30 bits per heavy atom. The lowest BCUT2D eigenvalue weighted by atomic mass is 10.1. The van der Waals surface area contributed by atoms with Crippen LogP contribution < -0.4 is 4.74 Å². The van der Waals surface area contributed by atoms with Gasteiger partial charge < -0.3 is 14.4 Å². The fourth-order valence-electron chi connectivity index (χ4n) is 2.03. The molecule has 0 N–H and O–H groups in total. The van der Waals surface area contributed by atoms with E-state index in [1.165, 1.54) is 6.33 Å². The number of amides is 1. The van der Waals surface area contributed by atoms with Gasteiger partial charge in [0.15, 0.2) is 0 Å². The second kappa shape index (κ2) is 6.07. The van der Waals surface area contributed by atoms with Crippen LogP contribution in [0.2, 0.25) is 0 Å². The molecule has 1 aliphatic heterocycles. The van der Waals surface area contributed by atoms with Crippen molar-refractivity contribution in [3.8, 4) is 5.88 Å². The lowest BCUT2D eigenvalue weighted by Crippen LogP contribution is -2.35. The molecule has 0 aromatic carbocycles. The first kappa shape index (κ1) is 14.6.